The summed E-state index contributed by atoms with van der Waals surface area (Å²) in [4.78, 5) is 7.18. The van der Waals surface area contributed by atoms with Crippen molar-refractivity contribution in [1.29, 1.82) is 0 Å². The molecule has 8 aromatic carbocycles. The molecule has 0 atom stereocenters. The maximum absolute atomic E-state index is 3.79. The van der Waals surface area contributed by atoms with Crippen molar-refractivity contribution >= 4 is 51.0 Å². The van der Waals surface area contributed by atoms with Crippen LogP contribution < -0.4 is 9.80 Å². The molecule has 0 aliphatic heterocycles. The van der Waals surface area contributed by atoms with E-state index in [1.165, 1.54) is 43.1 Å². The number of rotatable bonds is 13. The van der Waals surface area contributed by atoms with E-state index in [-0.39, 0.29) is 0 Å². The summed E-state index contributed by atoms with van der Waals surface area (Å²) in [6.45, 7) is 5.92. The van der Waals surface area contributed by atoms with Gasteiger partial charge in [-0.25, -0.2) is 0 Å². The molecule has 0 radical (unpaired) electrons. The summed E-state index contributed by atoms with van der Waals surface area (Å²) in [7, 11) is 0. The van der Waals surface area contributed by atoms with Crippen LogP contribution >= 0.6 is 11.3 Å². The van der Waals surface area contributed by atoms with Crippen LogP contribution in [0.15, 0.2) is 255 Å². The van der Waals surface area contributed by atoms with Crippen LogP contribution in [0, 0.1) is 0 Å². The van der Waals surface area contributed by atoms with Crippen LogP contribution in [0.4, 0.5) is 34.1 Å². The van der Waals surface area contributed by atoms with Crippen LogP contribution in [0.3, 0.4) is 0 Å². The first kappa shape index (κ1) is 39.7. The normalized spacial score (nSPS) is 11.4. The van der Waals surface area contributed by atoms with Crippen molar-refractivity contribution in [3.63, 3.8) is 0 Å². The SMILES string of the molecule is C=C/C=C\C=C(/C)c1ccc(N(c2ccc(-c3ccccc3)cc2)c2ccc(-c3ccc(N(c4ccccc4)c4ccc(-c5ccc(-c6ccccc6)s5)cc4)cc3)cc2)cc1. The Morgan fingerprint density at radius 3 is 1.10 bits per heavy atom. The van der Waals surface area contributed by atoms with Crippen molar-refractivity contribution in [1.82, 2.24) is 0 Å². The molecular formula is C59H46N2S. The van der Waals surface area contributed by atoms with Crippen LogP contribution in [-0.4, -0.2) is 0 Å². The first-order chi connectivity index (χ1) is 30.6. The van der Waals surface area contributed by atoms with Gasteiger partial charge in [-0.05, 0) is 136 Å². The zero-order valence-electron chi connectivity index (χ0n) is 34.7. The Balaban J connectivity index is 0.989. The molecule has 9 rings (SSSR count). The van der Waals surface area contributed by atoms with E-state index in [9.17, 15) is 0 Å². The number of para-hydroxylation sites is 1. The standard InChI is InChI=1S/C59H46N2S/c1-3-4-8-15-44(2)45-22-32-53(33-23-45)61(55-34-24-47(25-35-55)46-16-9-5-10-17-46)56-38-28-49(29-39-56)48-26-36-54(37-27-48)60(52-20-13-7-14-21-52)57-40-30-51(31-41-57)59-43-42-58(62-59)50-18-11-6-12-19-50/h3-43H,1H2,2H3/b8-4-,44-15+. The van der Waals surface area contributed by atoms with Gasteiger partial charge in [-0.1, -0.05) is 170 Å². The molecule has 0 bridgehead atoms. The van der Waals surface area contributed by atoms with Gasteiger partial charge < -0.3 is 9.80 Å². The molecule has 0 saturated heterocycles. The average Bonchev–Trinajstić information content (AvgIpc) is 3.85. The minimum atomic E-state index is 1.09. The Hall–Kier alpha value is -7.72. The molecule has 298 valence electrons. The maximum Gasteiger partial charge on any atom is 0.0462 e. The van der Waals surface area contributed by atoms with Gasteiger partial charge in [0.1, 0.15) is 0 Å². The number of hydrogen-bond acceptors (Lipinski definition) is 3. The van der Waals surface area contributed by atoms with E-state index in [0.29, 0.717) is 0 Å². The number of anilines is 6. The second kappa shape index (κ2) is 18.7. The molecule has 2 nitrogen and oxygen atoms in total. The quantitative estimate of drug-likeness (QED) is 0.107. The first-order valence-electron chi connectivity index (χ1n) is 20.9. The Morgan fingerprint density at radius 2 is 0.677 bits per heavy atom. The lowest BCUT2D eigenvalue weighted by Gasteiger charge is -2.26. The number of benzene rings is 8. The fourth-order valence-corrected chi connectivity index (χ4v) is 8.80. The highest BCUT2D eigenvalue weighted by molar-refractivity contribution is 7.18. The maximum atomic E-state index is 3.79. The van der Waals surface area contributed by atoms with Gasteiger partial charge in [0.2, 0.25) is 0 Å². The molecular weight excluding hydrogens is 769 g/mol. The van der Waals surface area contributed by atoms with E-state index in [0.717, 1.165) is 45.3 Å². The summed E-state index contributed by atoms with van der Waals surface area (Å²) in [5.41, 5.74) is 16.1. The van der Waals surface area contributed by atoms with E-state index in [4.69, 9.17) is 0 Å². The zero-order valence-corrected chi connectivity index (χ0v) is 35.5. The summed E-state index contributed by atoms with van der Waals surface area (Å²) in [5, 5.41) is 0. The summed E-state index contributed by atoms with van der Waals surface area (Å²) in [6.07, 6.45) is 7.88. The van der Waals surface area contributed by atoms with E-state index in [1.54, 1.807) is 6.08 Å². The largest absolute Gasteiger partial charge is 0.311 e. The van der Waals surface area contributed by atoms with Gasteiger partial charge in [-0.3, -0.25) is 0 Å². The summed E-state index contributed by atoms with van der Waals surface area (Å²) >= 11 is 1.83. The van der Waals surface area contributed by atoms with Gasteiger partial charge in [-0.15, -0.1) is 11.3 Å². The number of nitrogens with zero attached hydrogens (tertiary/aromatic N) is 2. The molecule has 0 aliphatic rings. The van der Waals surface area contributed by atoms with Gasteiger partial charge in [0.15, 0.2) is 0 Å². The minimum Gasteiger partial charge on any atom is -0.311 e. The van der Waals surface area contributed by atoms with E-state index >= 15 is 0 Å². The fraction of sp³-hybridized carbons (Fsp3) is 0.0169. The highest BCUT2D eigenvalue weighted by Gasteiger charge is 2.16. The van der Waals surface area contributed by atoms with Crippen molar-refractivity contribution in [3.8, 4) is 43.1 Å². The monoisotopic (exact) mass is 814 g/mol. The molecule has 0 amide bonds. The smallest absolute Gasteiger partial charge is 0.0462 e. The lowest BCUT2D eigenvalue weighted by molar-refractivity contribution is 1.28. The van der Waals surface area contributed by atoms with Gasteiger partial charge in [0.05, 0.1) is 0 Å². The molecule has 0 aliphatic carbocycles. The molecule has 3 heteroatoms. The van der Waals surface area contributed by atoms with E-state index in [1.807, 2.05) is 23.5 Å². The molecule has 1 heterocycles. The summed E-state index contributed by atoms with van der Waals surface area (Å²) < 4.78 is 0. The van der Waals surface area contributed by atoms with E-state index in [2.05, 4.69) is 254 Å². The fourth-order valence-electron chi connectivity index (χ4n) is 7.78. The van der Waals surface area contributed by atoms with Crippen molar-refractivity contribution in [3.05, 3.63) is 261 Å². The Kier molecular flexibility index (Phi) is 12.0. The number of allylic oxidation sites excluding steroid dienone is 5. The molecule has 1 aromatic heterocycles. The number of hydrogen-bond donors (Lipinski definition) is 0. The molecule has 0 unspecified atom stereocenters. The van der Waals surface area contributed by atoms with Crippen LogP contribution in [0.1, 0.15) is 12.5 Å². The minimum absolute atomic E-state index is 1.09. The molecule has 0 spiro atoms. The second-order valence-corrected chi connectivity index (χ2v) is 16.2. The third-order valence-electron chi connectivity index (χ3n) is 11.1. The van der Waals surface area contributed by atoms with Gasteiger partial charge in [0.25, 0.3) is 0 Å². The Morgan fingerprint density at radius 1 is 0.355 bits per heavy atom. The van der Waals surface area contributed by atoms with Gasteiger partial charge in [0, 0.05) is 43.9 Å². The highest BCUT2D eigenvalue weighted by Crippen LogP contribution is 2.40. The Bertz CT molecular complexity index is 2910. The molecule has 0 saturated carbocycles. The molecule has 0 fully saturated rings. The number of thiophene rings is 1. The topological polar surface area (TPSA) is 6.48 Å². The van der Waals surface area contributed by atoms with Gasteiger partial charge >= 0.3 is 0 Å². The lowest BCUT2D eigenvalue weighted by Crippen LogP contribution is -2.10. The average molecular weight is 815 g/mol. The third-order valence-corrected chi connectivity index (χ3v) is 12.3. The predicted octanol–water partition coefficient (Wildman–Crippen LogP) is 17.5. The highest BCUT2D eigenvalue weighted by atomic mass is 32.1. The zero-order chi connectivity index (χ0) is 42.1. The van der Waals surface area contributed by atoms with E-state index < -0.39 is 0 Å². The lowest BCUT2D eigenvalue weighted by atomic mass is 10.0. The predicted molar refractivity (Wildman–Crippen MR) is 268 cm³/mol. The van der Waals surface area contributed by atoms with Crippen molar-refractivity contribution in [2.75, 3.05) is 9.80 Å². The molecule has 62 heavy (non-hydrogen) atoms. The van der Waals surface area contributed by atoms with Gasteiger partial charge in [-0.2, -0.15) is 0 Å². The van der Waals surface area contributed by atoms with Crippen LogP contribution in [0.2, 0.25) is 0 Å². The second-order valence-electron chi connectivity index (χ2n) is 15.1. The van der Waals surface area contributed by atoms with Crippen LogP contribution in [0.5, 0.6) is 0 Å². The van der Waals surface area contributed by atoms with Crippen molar-refractivity contribution < 1.29 is 0 Å². The summed E-state index contributed by atoms with van der Waals surface area (Å²) in [5.74, 6) is 0. The Labute approximate surface area is 370 Å². The van der Waals surface area contributed by atoms with Crippen molar-refractivity contribution in [2.45, 2.75) is 6.92 Å². The third kappa shape index (κ3) is 8.90. The first-order valence-corrected chi connectivity index (χ1v) is 21.8. The van der Waals surface area contributed by atoms with Crippen LogP contribution in [0.25, 0.3) is 48.7 Å². The molecule has 0 N–H and O–H groups in total. The summed E-state index contributed by atoms with van der Waals surface area (Å²) in [6, 6.07) is 80.5. The van der Waals surface area contributed by atoms with Crippen LogP contribution in [-0.2, 0) is 0 Å². The molecule has 9 aromatic rings. The van der Waals surface area contributed by atoms with Crippen molar-refractivity contribution in [2.24, 2.45) is 0 Å².